The van der Waals surface area contributed by atoms with E-state index in [0.717, 1.165) is 13.1 Å². The average molecular weight is 303 g/mol. The quantitative estimate of drug-likeness (QED) is 0.683. The summed E-state index contributed by atoms with van der Waals surface area (Å²) < 4.78 is 5.87. The van der Waals surface area contributed by atoms with Gasteiger partial charge in [0.2, 0.25) is 0 Å². The summed E-state index contributed by atoms with van der Waals surface area (Å²) in [5.41, 5.74) is 5.80. The van der Waals surface area contributed by atoms with Crippen LogP contribution in [-0.4, -0.2) is 25.3 Å². The second-order valence-electron chi connectivity index (χ2n) is 7.04. The minimum Gasteiger partial charge on any atom is -0.372 e. The smallest absolute Gasteiger partial charge is 0.0726 e. The molecule has 0 aromatic heterocycles. The van der Waals surface area contributed by atoms with E-state index in [-0.39, 0.29) is 0 Å². The van der Waals surface area contributed by atoms with Crippen LogP contribution in [0.15, 0.2) is 12.1 Å². The average Bonchev–Trinajstić information content (AvgIpc) is 2.45. The second kappa shape index (κ2) is 8.01. The molecule has 124 valence electrons. The van der Waals surface area contributed by atoms with E-state index in [4.69, 9.17) is 4.74 Å². The van der Waals surface area contributed by atoms with Crippen LogP contribution >= 0.6 is 0 Å². The third-order valence-electron chi connectivity index (χ3n) is 4.71. The van der Waals surface area contributed by atoms with Crippen LogP contribution in [0.4, 0.5) is 5.69 Å². The molecule has 0 spiro atoms. The zero-order valence-corrected chi connectivity index (χ0v) is 15.1. The van der Waals surface area contributed by atoms with E-state index in [1.165, 1.54) is 54.5 Å². The fourth-order valence-electron chi connectivity index (χ4n) is 3.59. The Balaban J connectivity index is 2.08. The van der Waals surface area contributed by atoms with Crippen LogP contribution in [-0.2, 0) is 11.2 Å². The summed E-state index contributed by atoms with van der Waals surface area (Å²) in [6, 6.07) is 4.82. The molecule has 2 heteroatoms. The Labute approximate surface area is 136 Å². The molecule has 0 amide bonds. The molecule has 0 radical (unpaired) electrons. The van der Waals surface area contributed by atoms with Gasteiger partial charge < -0.3 is 9.64 Å². The first-order chi connectivity index (χ1) is 10.5. The van der Waals surface area contributed by atoms with Crippen LogP contribution in [0.5, 0.6) is 0 Å². The van der Waals surface area contributed by atoms with Crippen LogP contribution in [0.2, 0.25) is 0 Å². The van der Waals surface area contributed by atoms with E-state index in [2.05, 4.69) is 51.7 Å². The zero-order chi connectivity index (χ0) is 16.1. The van der Waals surface area contributed by atoms with Gasteiger partial charge in [0.15, 0.2) is 0 Å². The molecule has 0 bridgehead atoms. The summed E-state index contributed by atoms with van der Waals surface area (Å²) in [6.45, 7) is 13.1. The Hall–Kier alpha value is -1.02. The maximum Gasteiger partial charge on any atom is 0.0726 e. The SMILES string of the molecule is CCCCCCc1cc(C)c(N2C[C@@H](C)O[C@@H](C)C2)cc1C. The van der Waals surface area contributed by atoms with Gasteiger partial charge >= 0.3 is 0 Å². The Morgan fingerprint density at radius 2 is 1.68 bits per heavy atom. The first-order valence-electron chi connectivity index (χ1n) is 9.01. The molecule has 2 nitrogen and oxygen atoms in total. The largest absolute Gasteiger partial charge is 0.372 e. The summed E-state index contributed by atoms with van der Waals surface area (Å²) in [6.07, 6.45) is 7.20. The number of unbranched alkanes of at least 4 members (excludes halogenated alkanes) is 3. The molecule has 1 aliphatic rings. The van der Waals surface area contributed by atoms with E-state index >= 15 is 0 Å². The van der Waals surface area contributed by atoms with Crippen molar-refractivity contribution < 1.29 is 4.74 Å². The molecule has 0 aliphatic carbocycles. The maximum atomic E-state index is 5.87. The molecule has 1 heterocycles. The fourth-order valence-corrected chi connectivity index (χ4v) is 3.59. The minimum atomic E-state index is 0.317. The highest BCUT2D eigenvalue weighted by Crippen LogP contribution is 2.28. The van der Waals surface area contributed by atoms with Gasteiger partial charge in [-0.05, 0) is 63.3 Å². The monoisotopic (exact) mass is 303 g/mol. The van der Waals surface area contributed by atoms with Gasteiger partial charge in [-0.3, -0.25) is 0 Å². The van der Waals surface area contributed by atoms with Crippen molar-refractivity contribution in [2.24, 2.45) is 0 Å². The highest BCUT2D eigenvalue weighted by molar-refractivity contribution is 5.57. The van der Waals surface area contributed by atoms with Gasteiger partial charge in [-0.2, -0.15) is 0 Å². The van der Waals surface area contributed by atoms with Gasteiger partial charge in [0, 0.05) is 18.8 Å². The van der Waals surface area contributed by atoms with Crippen molar-refractivity contribution in [2.75, 3.05) is 18.0 Å². The molecule has 2 rings (SSSR count). The standard InChI is InChI=1S/C20H33NO/c1-6-7-8-9-10-19-11-16(3)20(12-15(19)2)21-13-17(4)22-18(5)14-21/h11-12,17-18H,6-10,13-14H2,1-5H3/t17-,18+. The van der Waals surface area contributed by atoms with Gasteiger partial charge in [0.25, 0.3) is 0 Å². The van der Waals surface area contributed by atoms with Gasteiger partial charge in [-0.15, -0.1) is 0 Å². The van der Waals surface area contributed by atoms with E-state index in [0.29, 0.717) is 12.2 Å². The first kappa shape index (κ1) is 17.3. The lowest BCUT2D eigenvalue weighted by Crippen LogP contribution is -2.45. The molecular weight excluding hydrogens is 270 g/mol. The van der Waals surface area contributed by atoms with Crippen molar-refractivity contribution in [3.63, 3.8) is 0 Å². The number of rotatable bonds is 6. The van der Waals surface area contributed by atoms with Crippen LogP contribution in [0, 0.1) is 13.8 Å². The highest BCUT2D eigenvalue weighted by Gasteiger charge is 2.23. The molecule has 0 saturated carbocycles. The lowest BCUT2D eigenvalue weighted by molar-refractivity contribution is -0.00525. The highest BCUT2D eigenvalue weighted by atomic mass is 16.5. The fraction of sp³-hybridized carbons (Fsp3) is 0.700. The number of nitrogens with zero attached hydrogens (tertiary/aromatic N) is 1. The summed E-state index contributed by atoms with van der Waals surface area (Å²) in [4.78, 5) is 2.50. The molecule has 2 atom stereocenters. The van der Waals surface area contributed by atoms with E-state index in [9.17, 15) is 0 Å². The predicted molar refractivity (Wildman–Crippen MR) is 96.0 cm³/mol. The Morgan fingerprint density at radius 1 is 1.00 bits per heavy atom. The number of ether oxygens (including phenoxy) is 1. The molecule has 0 N–H and O–H groups in total. The summed E-state index contributed by atoms with van der Waals surface area (Å²) >= 11 is 0. The molecule has 1 fully saturated rings. The number of hydrogen-bond acceptors (Lipinski definition) is 2. The number of benzene rings is 1. The minimum absolute atomic E-state index is 0.317. The number of hydrogen-bond donors (Lipinski definition) is 0. The Morgan fingerprint density at radius 3 is 2.32 bits per heavy atom. The predicted octanol–water partition coefficient (Wildman–Crippen LogP) is 5.04. The van der Waals surface area contributed by atoms with Gasteiger partial charge in [-0.1, -0.05) is 32.3 Å². The maximum absolute atomic E-state index is 5.87. The Bertz CT molecular complexity index is 473. The lowest BCUT2D eigenvalue weighted by atomic mass is 9.97. The zero-order valence-electron chi connectivity index (χ0n) is 15.1. The number of aryl methyl sites for hydroxylation is 3. The molecule has 22 heavy (non-hydrogen) atoms. The number of morpholine rings is 1. The van der Waals surface area contributed by atoms with Gasteiger partial charge in [0.1, 0.15) is 0 Å². The van der Waals surface area contributed by atoms with Crippen molar-refractivity contribution in [3.8, 4) is 0 Å². The van der Waals surface area contributed by atoms with Crippen molar-refractivity contribution in [1.29, 1.82) is 0 Å². The third kappa shape index (κ3) is 4.49. The summed E-state index contributed by atoms with van der Waals surface area (Å²) in [7, 11) is 0. The first-order valence-corrected chi connectivity index (χ1v) is 9.01. The van der Waals surface area contributed by atoms with Crippen molar-refractivity contribution in [2.45, 2.75) is 78.9 Å². The Kier molecular flexibility index (Phi) is 6.31. The van der Waals surface area contributed by atoms with E-state index in [1.807, 2.05) is 0 Å². The van der Waals surface area contributed by atoms with Crippen LogP contribution in [0.3, 0.4) is 0 Å². The van der Waals surface area contributed by atoms with Crippen molar-refractivity contribution >= 4 is 5.69 Å². The van der Waals surface area contributed by atoms with Crippen LogP contribution < -0.4 is 4.90 Å². The van der Waals surface area contributed by atoms with Crippen molar-refractivity contribution in [1.82, 2.24) is 0 Å². The third-order valence-corrected chi connectivity index (χ3v) is 4.71. The van der Waals surface area contributed by atoms with Gasteiger partial charge in [-0.25, -0.2) is 0 Å². The normalized spacial score (nSPS) is 22.1. The van der Waals surface area contributed by atoms with Crippen LogP contribution in [0.1, 0.15) is 63.1 Å². The van der Waals surface area contributed by atoms with Crippen LogP contribution in [0.25, 0.3) is 0 Å². The second-order valence-corrected chi connectivity index (χ2v) is 7.04. The molecule has 1 aliphatic heterocycles. The lowest BCUT2D eigenvalue weighted by Gasteiger charge is -2.38. The van der Waals surface area contributed by atoms with E-state index < -0.39 is 0 Å². The summed E-state index contributed by atoms with van der Waals surface area (Å²) in [5, 5.41) is 0. The molecular formula is C20H33NO. The molecule has 1 saturated heterocycles. The van der Waals surface area contributed by atoms with Gasteiger partial charge in [0.05, 0.1) is 12.2 Å². The number of anilines is 1. The topological polar surface area (TPSA) is 12.5 Å². The van der Waals surface area contributed by atoms with Crippen molar-refractivity contribution in [3.05, 3.63) is 28.8 Å². The summed E-state index contributed by atoms with van der Waals surface area (Å²) in [5.74, 6) is 0. The van der Waals surface area contributed by atoms with E-state index in [1.54, 1.807) is 0 Å². The molecule has 1 aromatic carbocycles. The molecule has 1 aromatic rings. The molecule has 0 unspecified atom stereocenters.